The first-order chi connectivity index (χ1) is 10.2. The van der Waals surface area contributed by atoms with Gasteiger partial charge in [-0.1, -0.05) is 19.3 Å². The molecule has 1 N–H and O–H groups in total. The molecule has 0 radical (unpaired) electrons. The second-order valence-corrected chi connectivity index (χ2v) is 5.87. The number of benzene rings is 1. The highest BCUT2D eigenvalue weighted by molar-refractivity contribution is 5.31. The normalized spacial score (nSPS) is 17.7. The molecule has 0 unspecified atom stereocenters. The number of hydrogen-bond donors (Lipinski definition) is 1. The van der Waals surface area contributed by atoms with E-state index in [-0.39, 0.29) is 0 Å². The van der Waals surface area contributed by atoms with Crippen LogP contribution in [-0.4, -0.2) is 49.5 Å². The quantitative estimate of drug-likeness (QED) is 0.839. The molecule has 0 aromatic heterocycles. The van der Waals surface area contributed by atoms with E-state index < -0.39 is 6.10 Å². The standard InChI is InChI=1S/C17H27NO3/c1-18(14-6-4-3-5-7-14)12-15(19)13-21-17-10-8-16(20-2)9-11-17/h8-11,14-15,19H,3-7,12-13H2,1-2H3/t15-/m0/s1. The lowest BCUT2D eigenvalue weighted by Gasteiger charge is -2.32. The summed E-state index contributed by atoms with van der Waals surface area (Å²) in [7, 11) is 3.74. The summed E-state index contributed by atoms with van der Waals surface area (Å²) in [5.41, 5.74) is 0. The molecule has 1 aliphatic rings. The Balaban J connectivity index is 1.71. The van der Waals surface area contributed by atoms with E-state index in [1.54, 1.807) is 7.11 Å². The van der Waals surface area contributed by atoms with Crippen molar-refractivity contribution in [3.05, 3.63) is 24.3 Å². The molecular weight excluding hydrogens is 266 g/mol. The molecule has 2 rings (SSSR count). The summed E-state index contributed by atoms with van der Waals surface area (Å²) in [5, 5.41) is 10.1. The van der Waals surface area contributed by atoms with Crippen molar-refractivity contribution in [1.29, 1.82) is 0 Å². The molecule has 0 aliphatic heterocycles. The number of aliphatic hydroxyl groups is 1. The van der Waals surface area contributed by atoms with E-state index in [0.29, 0.717) is 19.2 Å². The first-order valence-electron chi connectivity index (χ1n) is 7.84. The Bertz CT molecular complexity index is 401. The minimum Gasteiger partial charge on any atom is -0.497 e. The van der Waals surface area contributed by atoms with Crippen LogP contribution in [0, 0.1) is 0 Å². The number of rotatable bonds is 7. The van der Waals surface area contributed by atoms with Crippen molar-refractivity contribution >= 4 is 0 Å². The zero-order valence-corrected chi connectivity index (χ0v) is 13.1. The number of ether oxygens (including phenoxy) is 2. The van der Waals surface area contributed by atoms with Crippen LogP contribution in [0.5, 0.6) is 11.5 Å². The molecule has 1 saturated carbocycles. The predicted molar refractivity (Wildman–Crippen MR) is 84.0 cm³/mol. The van der Waals surface area contributed by atoms with Crippen LogP contribution in [0.1, 0.15) is 32.1 Å². The molecule has 1 aliphatic carbocycles. The number of likely N-dealkylation sites (N-methyl/N-ethyl adjacent to an activating group) is 1. The summed E-state index contributed by atoms with van der Waals surface area (Å²) in [6.07, 6.45) is 6.03. The lowest BCUT2D eigenvalue weighted by Crippen LogP contribution is -2.40. The van der Waals surface area contributed by atoms with Gasteiger partial charge in [0.05, 0.1) is 7.11 Å². The first-order valence-corrected chi connectivity index (χ1v) is 7.84. The summed E-state index contributed by atoms with van der Waals surface area (Å²) in [5.74, 6) is 1.56. The Hall–Kier alpha value is -1.26. The van der Waals surface area contributed by atoms with Crippen LogP contribution in [0.25, 0.3) is 0 Å². The van der Waals surface area contributed by atoms with Gasteiger partial charge in [0.2, 0.25) is 0 Å². The number of hydrogen-bond acceptors (Lipinski definition) is 4. The van der Waals surface area contributed by atoms with Crippen molar-refractivity contribution in [3.63, 3.8) is 0 Å². The van der Waals surface area contributed by atoms with Crippen LogP contribution in [0.3, 0.4) is 0 Å². The molecule has 4 heteroatoms. The molecule has 0 amide bonds. The average Bonchev–Trinajstić information content (AvgIpc) is 2.54. The van der Waals surface area contributed by atoms with E-state index in [4.69, 9.17) is 9.47 Å². The highest BCUT2D eigenvalue weighted by atomic mass is 16.5. The Kier molecular flexibility index (Phi) is 6.33. The van der Waals surface area contributed by atoms with Gasteiger partial charge in [0.25, 0.3) is 0 Å². The summed E-state index contributed by atoms with van der Waals surface area (Å²) in [4.78, 5) is 2.28. The maximum Gasteiger partial charge on any atom is 0.119 e. The van der Waals surface area contributed by atoms with Gasteiger partial charge < -0.3 is 19.5 Å². The smallest absolute Gasteiger partial charge is 0.119 e. The number of methoxy groups -OCH3 is 1. The van der Waals surface area contributed by atoms with E-state index in [2.05, 4.69) is 11.9 Å². The molecule has 1 aromatic rings. The van der Waals surface area contributed by atoms with Crippen molar-refractivity contribution in [2.24, 2.45) is 0 Å². The molecule has 0 saturated heterocycles. The lowest BCUT2D eigenvalue weighted by molar-refractivity contribution is 0.0561. The highest BCUT2D eigenvalue weighted by Crippen LogP contribution is 2.22. The Labute approximate surface area is 127 Å². The van der Waals surface area contributed by atoms with Crippen LogP contribution in [0.15, 0.2) is 24.3 Å². The molecule has 0 bridgehead atoms. The number of aliphatic hydroxyl groups excluding tert-OH is 1. The molecule has 0 heterocycles. The zero-order chi connectivity index (χ0) is 15.1. The van der Waals surface area contributed by atoms with Crippen LogP contribution in [-0.2, 0) is 0 Å². The van der Waals surface area contributed by atoms with Gasteiger partial charge >= 0.3 is 0 Å². The van der Waals surface area contributed by atoms with Crippen molar-refractivity contribution < 1.29 is 14.6 Å². The van der Waals surface area contributed by atoms with Gasteiger partial charge in [0, 0.05) is 12.6 Å². The van der Waals surface area contributed by atoms with E-state index >= 15 is 0 Å². The molecule has 118 valence electrons. The second kappa shape index (κ2) is 8.25. The largest absolute Gasteiger partial charge is 0.497 e. The Morgan fingerprint density at radius 1 is 1.14 bits per heavy atom. The molecule has 0 spiro atoms. The van der Waals surface area contributed by atoms with Gasteiger partial charge in [-0.3, -0.25) is 0 Å². The molecule has 21 heavy (non-hydrogen) atoms. The summed E-state index contributed by atoms with van der Waals surface area (Å²) < 4.78 is 10.7. The number of nitrogens with zero attached hydrogens (tertiary/aromatic N) is 1. The van der Waals surface area contributed by atoms with E-state index in [1.165, 1.54) is 32.1 Å². The fourth-order valence-electron chi connectivity index (χ4n) is 2.92. The van der Waals surface area contributed by atoms with Crippen molar-refractivity contribution in [2.45, 2.75) is 44.2 Å². The highest BCUT2D eigenvalue weighted by Gasteiger charge is 2.20. The van der Waals surface area contributed by atoms with Gasteiger partial charge in [-0.25, -0.2) is 0 Å². The summed E-state index contributed by atoms with van der Waals surface area (Å²) in [6, 6.07) is 8.05. The molecule has 1 aromatic carbocycles. The third-order valence-corrected chi connectivity index (χ3v) is 4.20. The molecule has 1 atom stereocenters. The summed E-state index contributed by atoms with van der Waals surface area (Å²) in [6.45, 7) is 0.990. The van der Waals surface area contributed by atoms with E-state index in [9.17, 15) is 5.11 Å². The van der Waals surface area contributed by atoms with Crippen LogP contribution in [0.4, 0.5) is 0 Å². The van der Waals surface area contributed by atoms with Gasteiger partial charge in [-0.05, 0) is 44.2 Å². The fourth-order valence-corrected chi connectivity index (χ4v) is 2.92. The van der Waals surface area contributed by atoms with Crippen molar-refractivity contribution in [2.75, 3.05) is 27.3 Å². The van der Waals surface area contributed by atoms with Gasteiger partial charge in [-0.2, -0.15) is 0 Å². The van der Waals surface area contributed by atoms with Crippen molar-refractivity contribution in [1.82, 2.24) is 4.90 Å². The SMILES string of the molecule is COc1ccc(OC[C@@H](O)CN(C)C2CCCCC2)cc1. The molecular formula is C17H27NO3. The van der Waals surface area contributed by atoms with Gasteiger partial charge in [-0.15, -0.1) is 0 Å². The topological polar surface area (TPSA) is 41.9 Å². The predicted octanol–water partition coefficient (Wildman–Crippen LogP) is 2.70. The second-order valence-electron chi connectivity index (χ2n) is 5.87. The van der Waals surface area contributed by atoms with Gasteiger partial charge in [0.15, 0.2) is 0 Å². The fraction of sp³-hybridized carbons (Fsp3) is 0.647. The minimum atomic E-state index is -0.459. The van der Waals surface area contributed by atoms with Crippen LogP contribution >= 0.6 is 0 Å². The Morgan fingerprint density at radius 2 is 1.76 bits per heavy atom. The third kappa shape index (κ3) is 5.21. The minimum absolute atomic E-state index is 0.323. The van der Waals surface area contributed by atoms with Crippen LogP contribution < -0.4 is 9.47 Å². The van der Waals surface area contributed by atoms with Crippen LogP contribution in [0.2, 0.25) is 0 Å². The maximum atomic E-state index is 10.1. The average molecular weight is 293 g/mol. The van der Waals surface area contributed by atoms with Gasteiger partial charge in [0.1, 0.15) is 24.2 Å². The summed E-state index contributed by atoms with van der Waals surface area (Å²) >= 11 is 0. The maximum absolute atomic E-state index is 10.1. The van der Waals surface area contributed by atoms with E-state index in [0.717, 1.165) is 11.5 Å². The zero-order valence-electron chi connectivity index (χ0n) is 13.1. The third-order valence-electron chi connectivity index (χ3n) is 4.20. The monoisotopic (exact) mass is 293 g/mol. The first kappa shape index (κ1) is 16.1. The lowest BCUT2D eigenvalue weighted by atomic mass is 9.94. The molecule has 1 fully saturated rings. The Morgan fingerprint density at radius 3 is 2.38 bits per heavy atom. The van der Waals surface area contributed by atoms with E-state index in [1.807, 2.05) is 24.3 Å². The molecule has 4 nitrogen and oxygen atoms in total. The van der Waals surface area contributed by atoms with Crippen molar-refractivity contribution in [3.8, 4) is 11.5 Å².